The molecular weight excluding hydrogens is 368 g/mol. The number of hydrogen-bond acceptors (Lipinski definition) is 3. The number of aromatic nitrogens is 3. The number of aryl methyl sites for hydroxylation is 1. The van der Waals surface area contributed by atoms with Crippen molar-refractivity contribution in [2.24, 2.45) is 0 Å². The minimum absolute atomic E-state index is 0.123. The summed E-state index contributed by atoms with van der Waals surface area (Å²) in [6, 6.07) is 15.9. The average Bonchev–Trinajstić information content (AvgIpc) is 2.96. The summed E-state index contributed by atoms with van der Waals surface area (Å²) in [7, 11) is 0. The zero-order valence-corrected chi connectivity index (χ0v) is 14.8. The molecule has 122 valence electrons. The van der Waals surface area contributed by atoms with Gasteiger partial charge in [-0.1, -0.05) is 57.9 Å². The predicted octanol–water partition coefficient (Wildman–Crippen LogP) is 3.58. The summed E-state index contributed by atoms with van der Waals surface area (Å²) in [5.74, 6) is 0.201. The first-order valence-corrected chi connectivity index (χ1v) is 8.37. The third-order valence-corrected chi connectivity index (χ3v) is 4.02. The van der Waals surface area contributed by atoms with Gasteiger partial charge in [-0.3, -0.25) is 10.1 Å². The number of carbonyl (C=O) groups excluding carboxylic acids is 1. The van der Waals surface area contributed by atoms with Gasteiger partial charge in [0.2, 0.25) is 11.9 Å². The average molecular weight is 385 g/mol. The number of nitrogens with zero attached hydrogens (tertiary/aromatic N) is 3. The lowest BCUT2D eigenvalue weighted by Crippen LogP contribution is -2.15. The van der Waals surface area contributed by atoms with E-state index in [1.54, 1.807) is 11.0 Å². The smallest absolute Gasteiger partial charge is 0.248 e. The third-order valence-electron chi connectivity index (χ3n) is 3.49. The number of halogens is 1. The molecule has 5 nitrogen and oxygen atoms in total. The molecule has 0 saturated heterocycles. The first-order chi connectivity index (χ1) is 11.6. The second-order valence-corrected chi connectivity index (χ2v) is 6.52. The summed E-state index contributed by atoms with van der Waals surface area (Å²) in [5.41, 5.74) is 3.22. The molecule has 1 aromatic heterocycles. The molecule has 0 atom stereocenters. The van der Waals surface area contributed by atoms with Gasteiger partial charge in [0.15, 0.2) is 0 Å². The summed E-state index contributed by atoms with van der Waals surface area (Å²) in [5, 5.41) is 7.02. The number of hydrogen-bond donors (Lipinski definition) is 1. The lowest BCUT2D eigenvalue weighted by molar-refractivity contribution is -0.115. The summed E-state index contributed by atoms with van der Waals surface area (Å²) < 4.78 is 2.74. The summed E-state index contributed by atoms with van der Waals surface area (Å²) in [6.07, 6.45) is 1.92. The number of benzene rings is 2. The number of nitrogens with one attached hydrogen (secondary N) is 1. The standard InChI is InChI=1S/C18H17BrN4O/c1-13-3-2-4-15(9-13)10-17(24)21-18-20-12-23(22-18)11-14-5-7-16(19)8-6-14/h2-9,12H,10-11H2,1H3,(H,21,22,24). The van der Waals surface area contributed by atoms with Crippen molar-refractivity contribution in [3.05, 3.63) is 76.0 Å². The minimum atomic E-state index is -0.123. The highest BCUT2D eigenvalue weighted by molar-refractivity contribution is 9.10. The Morgan fingerprint density at radius 1 is 1.17 bits per heavy atom. The molecule has 24 heavy (non-hydrogen) atoms. The Kier molecular flexibility index (Phi) is 5.05. The summed E-state index contributed by atoms with van der Waals surface area (Å²) in [6.45, 7) is 2.61. The van der Waals surface area contributed by atoms with Gasteiger partial charge in [0.25, 0.3) is 0 Å². The zero-order chi connectivity index (χ0) is 16.9. The van der Waals surface area contributed by atoms with Crippen molar-refractivity contribution in [2.75, 3.05) is 5.32 Å². The van der Waals surface area contributed by atoms with Gasteiger partial charge >= 0.3 is 0 Å². The molecule has 2 aromatic carbocycles. The van der Waals surface area contributed by atoms with Crippen molar-refractivity contribution in [3.8, 4) is 0 Å². The number of amides is 1. The van der Waals surface area contributed by atoms with Crippen LogP contribution < -0.4 is 5.32 Å². The molecular formula is C18H17BrN4O. The van der Waals surface area contributed by atoms with Crippen LogP contribution in [0.5, 0.6) is 0 Å². The van der Waals surface area contributed by atoms with Gasteiger partial charge in [0.05, 0.1) is 13.0 Å². The van der Waals surface area contributed by atoms with Gasteiger partial charge in [0, 0.05) is 4.47 Å². The van der Waals surface area contributed by atoms with Crippen molar-refractivity contribution in [1.82, 2.24) is 14.8 Å². The fraction of sp³-hybridized carbons (Fsp3) is 0.167. The molecule has 0 aliphatic carbocycles. The molecule has 0 unspecified atom stereocenters. The lowest BCUT2D eigenvalue weighted by atomic mass is 10.1. The van der Waals surface area contributed by atoms with Crippen LogP contribution in [-0.2, 0) is 17.8 Å². The second kappa shape index (κ2) is 7.40. The lowest BCUT2D eigenvalue weighted by Gasteiger charge is -2.03. The topological polar surface area (TPSA) is 59.8 Å². The first kappa shape index (κ1) is 16.4. The van der Waals surface area contributed by atoms with E-state index in [9.17, 15) is 4.79 Å². The molecule has 3 rings (SSSR count). The van der Waals surface area contributed by atoms with Crippen LogP contribution in [0.3, 0.4) is 0 Å². The van der Waals surface area contributed by atoms with Crippen molar-refractivity contribution < 1.29 is 4.79 Å². The molecule has 1 heterocycles. The number of anilines is 1. The van der Waals surface area contributed by atoms with E-state index in [1.165, 1.54) is 0 Å². The molecule has 1 amide bonds. The molecule has 6 heteroatoms. The molecule has 0 aliphatic rings. The van der Waals surface area contributed by atoms with Crippen molar-refractivity contribution >= 4 is 27.8 Å². The molecule has 0 fully saturated rings. The van der Waals surface area contributed by atoms with Gasteiger partial charge in [-0.25, -0.2) is 9.67 Å². The van der Waals surface area contributed by atoms with Crippen molar-refractivity contribution in [1.29, 1.82) is 0 Å². The molecule has 0 aliphatic heterocycles. The van der Waals surface area contributed by atoms with Crippen LogP contribution in [0.2, 0.25) is 0 Å². The SMILES string of the molecule is Cc1cccc(CC(=O)Nc2ncn(Cc3ccc(Br)cc3)n2)c1. The van der Waals surface area contributed by atoms with Crippen molar-refractivity contribution in [3.63, 3.8) is 0 Å². The fourth-order valence-corrected chi connectivity index (χ4v) is 2.65. The minimum Gasteiger partial charge on any atom is -0.293 e. The summed E-state index contributed by atoms with van der Waals surface area (Å²) in [4.78, 5) is 16.2. The van der Waals surface area contributed by atoms with Gasteiger partial charge in [-0.15, -0.1) is 5.10 Å². The highest BCUT2D eigenvalue weighted by atomic mass is 79.9. The molecule has 3 aromatic rings. The van der Waals surface area contributed by atoms with Crippen LogP contribution >= 0.6 is 15.9 Å². The van der Waals surface area contributed by atoms with Crippen LogP contribution in [-0.4, -0.2) is 20.7 Å². The molecule has 0 bridgehead atoms. The Bertz CT molecular complexity index is 842. The maximum atomic E-state index is 12.1. The van der Waals surface area contributed by atoms with Crippen molar-refractivity contribution in [2.45, 2.75) is 19.9 Å². The Balaban J connectivity index is 1.59. The molecule has 1 N–H and O–H groups in total. The Hall–Kier alpha value is -2.47. The van der Waals surface area contributed by atoms with Gasteiger partial charge in [0.1, 0.15) is 6.33 Å². The third kappa shape index (κ3) is 4.52. The monoisotopic (exact) mass is 384 g/mol. The Morgan fingerprint density at radius 2 is 1.96 bits per heavy atom. The first-order valence-electron chi connectivity index (χ1n) is 7.58. The van der Waals surface area contributed by atoms with E-state index >= 15 is 0 Å². The van der Waals surface area contributed by atoms with E-state index in [1.807, 2.05) is 55.5 Å². The molecule has 0 radical (unpaired) electrons. The molecule has 0 spiro atoms. The molecule has 0 saturated carbocycles. The van der Waals surface area contributed by atoms with Crippen LogP contribution in [0.15, 0.2) is 59.3 Å². The maximum absolute atomic E-state index is 12.1. The highest BCUT2D eigenvalue weighted by Gasteiger charge is 2.08. The predicted molar refractivity (Wildman–Crippen MR) is 96.8 cm³/mol. The Morgan fingerprint density at radius 3 is 2.71 bits per heavy atom. The quantitative estimate of drug-likeness (QED) is 0.731. The van der Waals surface area contributed by atoms with Gasteiger partial charge < -0.3 is 0 Å². The van der Waals surface area contributed by atoms with Gasteiger partial charge in [-0.05, 0) is 30.2 Å². The van der Waals surface area contributed by atoms with E-state index in [0.29, 0.717) is 18.9 Å². The van der Waals surface area contributed by atoms with Crippen LogP contribution in [0.1, 0.15) is 16.7 Å². The van der Waals surface area contributed by atoms with E-state index in [4.69, 9.17) is 0 Å². The van der Waals surface area contributed by atoms with E-state index in [2.05, 4.69) is 31.3 Å². The maximum Gasteiger partial charge on any atom is 0.248 e. The van der Waals surface area contributed by atoms with E-state index in [-0.39, 0.29) is 5.91 Å². The normalized spacial score (nSPS) is 10.6. The Labute approximate surface area is 148 Å². The van der Waals surface area contributed by atoms with Crippen LogP contribution in [0.4, 0.5) is 5.95 Å². The van der Waals surface area contributed by atoms with Crippen LogP contribution in [0, 0.1) is 6.92 Å². The highest BCUT2D eigenvalue weighted by Crippen LogP contribution is 2.12. The number of rotatable bonds is 5. The summed E-state index contributed by atoms with van der Waals surface area (Å²) >= 11 is 3.41. The largest absolute Gasteiger partial charge is 0.293 e. The zero-order valence-electron chi connectivity index (χ0n) is 13.2. The van der Waals surface area contributed by atoms with Gasteiger partial charge in [-0.2, -0.15) is 0 Å². The fourth-order valence-electron chi connectivity index (χ4n) is 2.38. The van der Waals surface area contributed by atoms with E-state index < -0.39 is 0 Å². The second-order valence-electron chi connectivity index (χ2n) is 5.61. The van der Waals surface area contributed by atoms with E-state index in [0.717, 1.165) is 21.2 Å². The van der Waals surface area contributed by atoms with Crippen LogP contribution in [0.25, 0.3) is 0 Å². The number of carbonyl (C=O) groups is 1.